The van der Waals surface area contributed by atoms with E-state index < -0.39 is 0 Å². The molecule has 0 radical (unpaired) electrons. The summed E-state index contributed by atoms with van der Waals surface area (Å²) in [6.07, 6.45) is 5.78. The third-order valence-electron chi connectivity index (χ3n) is 7.36. The van der Waals surface area contributed by atoms with Gasteiger partial charge in [0.25, 0.3) is 0 Å². The molecule has 4 heterocycles. The molecule has 3 aromatic carbocycles. The highest BCUT2D eigenvalue weighted by molar-refractivity contribution is 5.95. The predicted molar refractivity (Wildman–Crippen MR) is 158 cm³/mol. The lowest BCUT2D eigenvalue weighted by molar-refractivity contribution is 1.07. The fraction of sp³-hybridized carbons (Fsp3) is 0.125. The van der Waals surface area contributed by atoms with Crippen LogP contribution in [0.5, 0.6) is 0 Å². The van der Waals surface area contributed by atoms with Crippen LogP contribution in [-0.2, 0) is 0 Å². The van der Waals surface area contributed by atoms with Gasteiger partial charge in [0.2, 0.25) is 0 Å². The summed E-state index contributed by atoms with van der Waals surface area (Å²) in [5.74, 6) is 2.45. The minimum Gasteiger partial charge on any atom is -0.276 e. The number of hydrogen-bond donors (Lipinski definition) is 0. The third-order valence-corrected chi connectivity index (χ3v) is 7.36. The minimum atomic E-state index is 0.661. The number of anilines is 4. The zero-order valence-electron chi connectivity index (χ0n) is 22.7. The lowest BCUT2D eigenvalue weighted by atomic mass is 10.1. The van der Waals surface area contributed by atoms with E-state index in [1.54, 1.807) is 6.20 Å². The predicted octanol–water partition coefficient (Wildman–Crippen LogP) is 6.50. The molecule has 0 aliphatic carbocycles. The van der Waals surface area contributed by atoms with E-state index in [-0.39, 0.29) is 0 Å². The maximum absolute atomic E-state index is 5.20. The third kappa shape index (κ3) is 3.68. The van der Waals surface area contributed by atoms with Crippen molar-refractivity contribution in [3.05, 3.63) is 118 Å². The zero-order valence-corrected chi connectivity index (χ0v) is 22.7. The molecule has 2 aliphatic heterocycles. The van der Waals surface area contributed by atoms with Crippen molar-refractivity contribution < 1.29 is 0 Å². The van der Waals surface area contributed by atoms with Gasteiger partial charge in [-0.3, -0.25) is 14.8 Å². The molecule has 8 heteroatoms. The number of aryl methyl sites for hydroxylation is 4. The first-order chi connectivity index (χ1) is 19.5. The second-order valence-electron chi connectivity index (χ2n) is 10.1. The molecule has 8 nitrogen and oxygen atoms in total. The van der Waals surface area contributed by atoms with E-state index in [1.165, 1.54) is 0 Å². The van der Waals surface area contributed by atoms with Gasteiger partial charge in [0.05, 0.1) is 27.8 Å². The first-order valence-electron chi connectivity index (χ1n) is 13.2. The van der Waals surface area contributed by atoms with Crippen molar-refractivity contribution in [2.24, 2.45) is 15.4 Å². The summed E-state index contributed by atoms with van der Waals surface area (Å²) < 4.78 is 0. The van der Waals surface area contributed by atoms with Gasteiger partial charge in [0, 0.05) is 6.20 Å². The minimum absolute atomic E-state index is 0.661. The van der Waals surface area contributed by atoms with E-state index >= 15 is 0 Å². The van der Waals surface area contributed by atoms with Crippen LogP contribution in [0.4, 0.5) is 28.7 Å². The molecule has 0 atom stereocenters. The number of allylic oxidation sites excluding steroid dienone is 1. The molecule has 0 unspecified atom stereocenters. The summed E-state index contributed by atoms with van der Waals surface area (Å²) in [5, 5.41) is 13.5. The lowest BCUT2D eigenvalue weighted by Crippen LogP contribution is -2.28. The molecule has 0 saturated carbocycles. The van der Waals surface area contributed by atoms with Crippen molar-refractivity contribution in [3.8, 4) is 0 Å². The Labute approximate surface area is 231 Å². The van der Waals surface area contributed by atoms with Gasteiger partial charge in [-0.15, -0.1) is 10.2 Å². The zero-order chi connectivity index (χ0) is 27.4. The van der Waals surface area contributed by atoms with Crippen LogP contribution in [0.25, 0.3) is 17.1 Å². The van der Waals surface area contributed by atoms with Gasteiger partial charge in [0.1, 0.15) is 16.9 Å². The van der Waals surface area contributed by atoms with Crippen molar-refractivity contribution in [1.82, 2.24) is 15.0 Å². The van der Waals surface area contributed by atoms with Gasteiger partial charge >= 0.3 is 0 Å². The van der Waals surface area contributed by atoms with Crippen LogP contribution in [0.1, 0.15) is 22.3 Å². The molecule has 0 spiro atoms. The molecule has 0 bridgehead atoms. The van der Waals surface area contributed by atoms with Crippen LogP contribution in [0.2, 0.25) is 0 Å². The van der Waals surface area contributed by atoms with Crippen molar-refractivity contribution in [1.29, 1.82) is 0 Å². The molecule has 0 fully saturated rings. The smallest absolute Gasteiger partial charge is 0.183 e. The van der Waals surface area contributed by atoms with E-state index in [0.29, 0.717) is 16.4 Å². The number of benzene rings is 3. The van der Waals surface area contributed by atoms with E-state index in [1.807, 2.05) is 36.4 Å². The van der Waals surface area contributed by atoms with Crippen LogP contribution in [0.15, 0.2) is 100 Å². The Morgan fingerprint density at radius 2 is 1.18 bits per heavy atom. The number of pyridine rings is 1. The molecule has 0 saturated heterocycles. The number of rotatable bonds is 3. The highest BCUT2D eigenvalue weighted by Gasteiger charge is 2.38. The van der Waals surface area contributed by atoms with Gasteiger partial charge in [-0.1, -0.05) is 48.5 Å². The number of hydrogen-bond acceptors (Lipinski definition) is 8. The summed E-state index contributed by atoms with van der Waals surface area (Å²) in [7, 11) is 0. The molecular formula is C32H26N8. The van der Waals surface area contributed by atoms with Crippen LogP contribution in [0.3, 0.4) is 0 Å². The fourth-order valence-corrected chi connectivity index (χ4v) is 5.54. The van der Waals surface area contributed by atoms with Gasteiger partial charge < -0.3 is 0 Å². The average Bonchev–Trinajstić information content (AvgIpc) is 3.54. The summed E-state index contributed by atoms with van der Waals surface area (Å²) >= 11 is 0. The number of para-hydroxylation sites is 4. The Bertz CT molecular complexity index is 1890. The number of nitrogens with zero attached hydrogens (tertiary/aromatic N) is 8. The Kier molecular flexibility index (Phi) is 5.48. The summed E-state index contributed by atoms with van der Waals surface area (Å²) in [5.41, 5.74) is 9.10. The van der Waals surface area contributed by atoms with Crippen molar-refractivity contribution in [3.63, 3.8) is 0 Å². The molecular weight excluding hydrogens is 496 g/mol. The first-order valence-corrected chi connectivity index (χ1v) is 13.2. The maximum Gasteiger partial charge on any atom is 0.183 e. The molecule has 5 aromatic rings. The fourth-order valence-electron chi connectivity index (χ4n) is 5.54. The molecule has 40 heavy (non-hydrogen) atoms. The largest absolute Gasteiger partial charge is 0.276 e. The SMILES string of the molecule is Cc1cccc(C)c1N1C(=C/C=c2/nccc3c2=NN=N3)N(c2c(C)cccc2C)c2nc3ccccc3nc21. The quantitative estimate of drug-likeness (QED) is 0.270. The maximum atomic E-state index is 5.20. The number of fused-ring (bicyclic) bond motifs is 3. The van der Waals surface area contributed by atoms with E-state index in [4.69, 9.17) is 9.97 Å². The highest BCUT2D eigenvalue weighted by atomic mass is 15.5. The molecule has 2 aliphatic rings. The first kappa shape index (κ1) is 23.8. The van der Waals surface area contributed by atoms with Crippen molar-refractivity contribution in [2.75, 3.05) is 9.80 Å². The van der Waals surface area contributed by atoms with Crippen LogP contribution in [0, 0.1) is 27.7 Å². The highest BCUT2D eigenvalue weighted by Crippen LogP contribution is 2.51. The van der Waals surface area contributed by atoms with Crippen molar-refractivity contribution >= 4 is 45.8 Å². The molecule has 7 rings (SSSR count). The van der Waals surface area contributed by atoms with Gasteiger partial charge in [0.15, 0.2) is 11.6 Å². The van der Waals surface area contributed by atoms with Crippen LogP contribution >= 0.6 is 0 Å². The Hall–Kier alpha value is -5.24. The lowest BCUT2D eigenvalue weighted by Gasteiger charge is -2.28. The standard InChI is InChI=1S/C32H26N8/c1-19-9-7-10-20(2)29(19)39-27(16-15-25-28-26(17-18-33-25)36-38-37-28)40(30-21(3)11-8-12-22(30)4)32-31(39)34-23-13-5-6-14-24(23)35-32/h5-18H,1-4H3/b25-15+. The second kappa shape index (κ2) is 9.20. The van der Waals surface area contributed by atoms with Gasteiger partial charge in [-0.25, -0.2) is 9.97 Å². The summed E-state index contributed by atoms with van der Waals surface area (Å²) in [4.78, 5) is 19.4. The Morgan fingerprint density at radius 1 is 0.625 bits per heavy atom. The molecule has 0 N–H and O–H groups in total. The average molecular weight is 523 g/mol. The molecule has 2 aromatic heterocycles. The van der Waals surface area contributed by atoms with E-state index in [0.717, 1.165) is 62.1 Å². The normalized spacial score (nSPS) is 14.1. The second-order valence-corrected chi connectivity index (χ2v) is 10.1. The Balaban J connectivity index is 1.59. The Morgan fingerprint density at radius 3 is 1.73 bits per heavy atom. The van der Waals surface area contributed by atoms with E-state index in [9.17, 15) is 0 Å². The topological polar surface area (TPSA) is 82.2 Å². The number of aromatic nitrogens is 3. The summed E-state index contributed by atoms with van der Waals surface area (Å²) in [6, 6.07) is 22.5. The molecule has 0 amide bonds. The summed E-state index contributed by atoms with van der Waals surface area (Å²) in [6.45, 7) is 8.53. The molecule has 194 valence electrons. The van der Waals surface area contributed by atoms with Gasteiger partial charge in [-0.05, 0) is 85.5 Å². The van der Waals surface area contributed by atoms with Crippen LogP contribution < -0.4 is 20.5 Å². The van der Waals surface area contributed by atoms with E-state index in [2.05, 4.69) is 100 Å². The van der Waals surface area contributed by atoms with Crippen molar-refractivity contribution in [2.45, 2.75) is 27.7 Å². The van der Waals surface area contributed by atoms with Gasteiger partial charge in [-0.2, -0.15) is 0 Å². The monoisotopic (exact) mass is 522 g/mol. The van der Waals surface area contributed by atoms with Crippen LogP contribution in [-0.4, -0.2) is 15.0 Å².